The molecule has 1 aromatic carbocycles. The largest absolute Gasteiger partial charge is 0.480 e. The van der Waals surface area contributed by atoms with Crippen LogP contribution >= 0.6 is 11.6 Å². The second kappa shape index (κ2) is 4.61. The Kier molecular flexibility index (Phi) is 3.68. The summed E-state index contributed by atoms with van der Waals surface area (Å²) in [4.78, 5) is 10.6. The van der Waals surface area contributed by atoms with Gasteiger partial charge in [0, 0.05) is 5.02 Å². The highest BCUT2D eigenvalue weighted by Crippen LogP contribution is 2.23. The van der Waals surface area contributed by atoms with Crippen LogP contribution in [0.5, 0.6) is 0 Å². The van der Waals surface area contributed by atoms with Gasteiger partial charge in [-0.2, -0.15) is 0 Å². The van der Waals surface area contributed by atoms with Crippen LogP contribution in [0.1, 0.15) is 17.2 Å². The summed E-state index contributed by atoms with van der Waals surface area (Å²) < 4.78 is 0. The SMILES string of the molecule is Cc1cc(Cl)ccc1C(O)C(N)C(=O)O. The normalized spacial score (nSPS) is 14.7. The number of carboxylic acids is 1. The standard InChI is InChI=1S/C10H12ClNO3/c1-5-4-6(11)2-3-7(5)9(13)8(12)10(14)15/h2-4,8-9,13H,12H2,1H3,(H,14,15). The highest BCUT2D eigenvalue weighted by Gasteiger charge is 2.24. The van der Waals surface area contributed by atoms with E-state index in [2.05, 4.69) is 0 Å². The summed E-state index contributed by atoms with van der Waals surface area (Å²) in [6.07, 6.45) is -1.22. The molecule has 2 unspecified atom stereocenters. The number of aliphatic hydroxyl groups is 1. The van der Waals surface area contributed by atoms with Gasteiger partial charge in [-0.3, -0.25) is 4.79 Å². The molecular weight excluding hydrogens is 218 g/mol. The molecule has 0 heterocycles. The zero-order chi connectivity index (χ0) is 11.6. The summed E-state index contributed by atoms with van der Waals surface area (Å²) in [5, 5.41) is 18.9. The summed E-state index contributed by atoms with van der Waals surface area (Å²) >= 11 is 5.73. The second-order valence-corrected chi connectivity index (χ2v) is 3.75. The summed E-state index contributed by atoms with van der Waals surface area (Å²) in [6, 6.07) is 3.48. The molecular formula is C10H12ClNO3. The number of nitrogens with two attached hydrogens (primary N) is 1. The van der Waals surface area contributed by atoms with Gasteiger partial charge in [0.05, 0.1) is 0 Å². The van der Waals surface area contributed by atoms with Gasteiger partial charge >= 0.3 is 5.97 Å². The number of carbonyl (C=O) groups is 1. The Bertz CT molecular complexity index is 381. The third-order valence-electron chi connectivity index (χ3n) is 2.18. The van der Waals surface area contributed by atoms with Gasteiger partial charge in [-0.15, -0.1) is 0 Å². The molecule has 4 N–H and O–H groups in total. The quantitative estimate of drug-likeness (QED) is 0.725. The number of aliphatic hydroxyl groups excluding tert-OH is 1. The molecule has 1 rings (SSSR count). The van der Waals surface area contributed by atoms with E-state index in [9.17, 15) is 9.90 Å². The minimum absolute atomic E-state index is 0.481. The monoisotopic (exact) mass is 229 g/mol. The van der Waals surface area contributed by atoms with Gasteiger partial charge in [0.25, 0.3) is 0 Å². The van der Waals surface area contributed by atoms with Crippen LogP contribution in [-0.2, 0) is 4.79 Å². The van der Waals surface area contributed by atoms with Crippen LogP contribution in [0.3, 0.4) is 0 Å². The lowest BCUT2D eigenvalue weighted by Crippen LogP contribution is -2.36. The lowest BCUT2D eigenvalue weighted by molar-refractivity contribution is -0.141. The highest BCUT2D eigenvalue weighted by atomic mass is 35.5. The van der Waals surface area contributed by atoms with Gasteiger partial charge in [-0.25, -0.2) is 0 Å². The first-order valence-corrected chi connectivity index (χ1v) is 4.73. The Labute approximate surface area is 92.3 Å². The third kappa shape index (κ3) is 2.68. The van der Waals surface area contributed by atoms with E-state index in [4.69, 9.17) is 22.4 Å². The van der Waals surface area contributed by atoms with Crippen LogP contribution in [-0.4, -0.2) is 22.2 Å². The van der Waals surface area contributed by atoms with Crippen LogP contribution in [0.25, 0.3) is 0 Å². The van der Waals surface area contributed by atoms with Crippen LogP contribution in [0, 0.1) is 6.92 Å². The minimum Gasteiger partial charge on any atom is -0.480 e. The molecule has 15 heavy (non-hydrogen) atoms. The first-order chi connectivity index (χ1) is 6.93. The molecule has 4 nitrogen and oxygen atoms in total. The lowest BCUT2D eigenvalue weighted by atomic mass is 9.98. The molecule has 1 aromatic rings. The van der Waals surface area contributed by atoms with Crippen molar-refractivity contribution < 1.29 is 15.0 Å². The molecule has 0 radical (unpaired) electrons. The molecule has 0 aliphatic rings. The fourth-order valence-electron chi connectivity index (χ4n) is 1.30. The van der Waals surface area contributed by atoms with Crippen molar-refractivity contribution in [1.29, 1.82) is 0 Å². The number of carboxylic acid groups (broad SMARTS) is 1. The molecule has 2 atom stereocenters. The van der Waals surface area contributed by atoms with Crippen molar-refractivity contribution in [1.82, 2.24) is 0 Å². The number of benzene rings is 1. The van der Waals surface area contributed by atoms with E-state index >= 15 is 0 Å². The molecule has 0 bridgehead atoms. The average molecular weight is 230 g/mol. The Balaban J connectivity index is 3.01. The van der Waals surface area contributed by atoms with Crippen molar-refractivity contribution in [2.75, 3.05) is 0 Å². The van der Waals surface area contributed by atoms with Crippen molar-refractivity contribution in [3.05, 3.63) is 34.3 Å². The number of hydrogen-bond donors (Lipinski definition) is 3. The number of aryl methyl sites for hydroxylation is 1. The first-order valence-electron chi connectivity index (χ1n) is 4.36. The second-order valence-electron chi connectivity index (χ2n) is 3.31. The maximum absolute atomic E-state index is 10.6. The molecule has 0 amide bonds. The van der Waals surface area contributed by atoms with Gasteiger partial charge < -0.3 is 15.9 Å². The zero-order valence-electron chi connectivity index (χ0n) is 8.14. The van der Waals surface area contributed by atoms with Crippen molar-refractivity contribution in [3.8, 4) is 0 Å². The number of hydrogen-bond acceptors (Lipinski definition) is 3. The number of halogens is 1. The van der Waals surface area contributed by atoms with E-state index < -0.39 is 18.1 Å². The molecule has 0 aromatic heterocycles. The van der Waals surface area contributed by atoms with E-state index in [1.165, 1.54) is 0 Å². The Hall–Kier alpha value is -1.10. The van der Waals surface area contributed by atoms with Gasteiger partial charge in [-0.1, -0.05) is 17.7 Å². The predicted molar refractivity (Wildman–Crippen MR) is 56.8 cm³/mol. The maximum atomic E-state index is 10.6. The minimum atomic E-state index is -1.33. The highest BCUT2D eigenvalue weighted by molar-refractivity contribution is 6.30. The maximum Gasteiger partial charge on any atom is 0.323 e. The summed E-state index contributed by atoms with van der Waals surface area (Å²) in [7, 11) is 0. The van der Waals surface area contributed by atoms with Crippen molar-refractivity contribution in [2.24, 2.45) is 5.73 Å². The van der Waals surface area contributed by atoms with E-state index in [0.29, 0.717) is 16.1 Å². The molecule has 82 valence electrons. The van der Waals surface area contributed by atoms with Crippen LogP contribution in [0.2, 0.25) is 5.02 Å². The molecule has 0 spiro atoms. The Morgan fingerprint density at radius 2 is 2.13 bits per heavy atom. The average Bonchev–Trinajstić information content (AvgIpc) is 2.15. The van der Waals surface area contributed by atoms with Crippen LogP contribution < -0.4 is 5.73 Å². The van der Waals surface area contributed by atoms with E-state index in [1.807, 2.05) is 0 Å². The van der Waals surface area contributed by atoms with Crippen molar-refractivity contribution in [3.63, 3.8) is 0 Å². The fourth-order valence-corrected chi connectivity index (χ4v) is 1.53. The molecule has 5 heteroatoms. The summed E-state index contributed by atoms with van der Waals surface area (Å²) in [5.41, 5.74) is 6.51. The lowest BCUT2D eigenvalue weighted by Gasteiger charge is -2.17. The predicted octanol–water partition coefficient (Wildman–Crippen LogP) is 1.09. The topological polar surface area (TPSA) is 83.5 Å². The number of rotatable bonds is 3. The molecule has 0 fully saturated rings. The fraction of sp³-hybridized carbons (Fsp3) is 0.300. The Morgan fingerprint density at radius 1 is 1.53 bits per heavy atom. The number of aliphatic carboxylic acids is 1. The van der Waals surface area contributed by atoms with E-state index in [-0.39, 0.29) is 0 Å². The van der Waals surface area contributed by atoms with Gasteiger partial charge in [0.1, 0.15) is 12.1 Å². The molecule has 0 saturated heterocycles. The molecule has 0 aliphatic heterocycles. The molecule has 0 aliphatic carbocycles. The third-order valence-corrected chi connectivity index (χ3v) is 2.41. The van der Waals surface area contributed by atoms with Gasteiger partial charge in [0.2, 0.25) is 0 Å². The van der Waals surface area contributed by atoms with E-state index in [1.54, 1.807) is 25.1 Å². The van der Waals surface area contributed by atoms with Crippen molar-refractivity contribution in [2.45, 2.75) is 19.1 Å². The van der Waals surface area contributed by atoms with Crippen LogP contribution in [0.15, 0.2) is 18.2 Å². The molecule has 0 saturated carbocycles. The first kappa shape index (κ1) is 12.0. The van der Waals surface area contributed by atoms with Gasteiger partial charge in [0.15, 0.2) is 0 Å². The zero-order valence-corrected chi connectivity index (χ0v) is 8.90. The van der Waals surface area contributed by atoms with E-state index in [0.717, 1.165) is 0 Å². The Morgan fingerprint density at radius 3 is 2.60 bits per heavy atom. The smallest absolute Gasteiger partial charge is 0.323 e. The summed E-state index contributed by atoms with van der Waals surface area (Å²) in [6.45, 7) is 1.74. The van der Waals surface area contributed by atoms with Crippen molar-refractivity contribution >= 4 is 17.6 Å². The van der Waals surface area contributed by atoms with Crippen LogP contribution in [0.4, 0.5) is 0 Å². The van der Waals surface area contributed by atoms with Gasteiger partial charge in [-0.05, 0) is 30.2 Å². The summed E-state index contributed by atoms with van der Waals surface area (Å²) in [5.74, 6) is -1.24.